The van der Waals surface area contributed by atoms with Crippen LogP contribution in [0.2, 0.25) is 0 Å². The summed E-state index contributed by atoms with van der Waals surface area (Å²) in [6.45, 7) is 9.25. The van der Waals surface area contributed by atoms with E-state index in [1.54, 1.807) is 0 Å². The van der Waals surface area contributed by atoms with E-state index in [1.807, 2.05) is 6.92 Å². The van der Waals surface area contributed by atoms with Crippen LogP contribution in [0.1, 0.15) is 77.6 Å². The molecular formula is C16H29N3O2. The molecule has 1 atom stereocenters. The van der Waals surface area contributed by atoms with Crippen LogP contribution in [0.3, 0.4) is 0 Å². The molecule has 5 nitrogen and oxygen atoms in total. The summed E-state index contributed by atoms with van der Waals surface area (Å²) in [4.78, 5) is 4.57. The predicted molar refractivity (Wildman–Crippen MR) is 81.6 cm³/mol. The third-order valence-electron chi connectivity index (χ3n) is 4.39. The maximum absolute atomic E-state index is 6.14. The Morgan fingerprint density at radius 1 is 1.38 bits per heavy atom. The standard InChI is InChI=1S/C16H29N3O2/c1-5-20-16(8-6-12(4)7-9-16)15-18-14(21-19-15)13(17)10-11(2)3/h11-13H,5-10,17H2,1-4H3. The van der Waals surface area contributed by atoms with E-state index < -0.39 is 0 Å². The minimum Gasteiger partial charge on any atom is -0.367 e. The molecule has 0 amide bonds. The van der Waals surface area contributed by atoms with Gasteiger partial charge in [0.15, 0.2) is 0 Å². The number of nitrogens with zero attached hydrogens (tertiary/aromatic N) is 2. The molecule has 21 heavy (non-hydrogen) atoms. The Kier molecular flexibility index (Phi) is 5.38. The number of hydrogen-bond donors (Lipinski definition) is 1. The molecule has 1 aromatic heterocycles. The summed E-state index contributed by atoms with van der Waals surface area (Å²) in [5, 5.41) is 4.19. The summed E-state index contributed by atoms with van der Waals surface area (Å²) >= 11 is 0. The first-order valence-corrected chi connectivity index (χ1v) is 8.20. The smallest absolute Gasteiger partial charge is 0.243 e. The first-order chi connectivity index (χ1) is 9.97. The number of aromatic nitrogens is 2. The van der Waals surface area contributed by atoms with Gasteiger partial charge in [-0.25, -0.2) is 0 Å². The van der Waals surface area contributed by atoms with Crippen molar-refractivity contribution in [1.29, 1.82) is 0 Å². The van der Waals surface area contributed by atoms with Crippen molar-refractivity contribution in [3.63, 3.8) is 0 Å². The molecular weight excluding hydrogens is 266 g/mol. The quantitative estimate of drug-likeness (QED) is 0.868. The summed E-state index contributed by atoms with van der Waals surface area (Å²) in [6, 6.07) is -0.188. The fourth-order valence-electron chi connectivity index (χ4n) is 3.12. The van der Waals surface area contributed by atoms with Gasteiger partial charge < -0.3 is 15.0 Å². The van der Waals surface area contributed by atoms with Crippen LogP contribution in [-0.2, 0) is 10.3 Å². The van der Waals surface area contributed by atoms with Gasteiger partial charge in [-0.15, -0.1) is 0 Å². The predicted octanol–water partition coefficient (Wildman–Crippen LogP) is 3.56. The molecule has 2 N–H and O–H groups in total. The van der Waals surface area contributed by atoms with Gasteiger partial charge in [0.25, 0.3) is 0 Å². The van der Waals surface area contributed by atoms with Crippen LogP contribution in [0.4, 0.5) is 0 Å². The van der Waals surface area contributed by atoms with E-state index in [1.165, 1.54) is 0 Å². The zero-order valence-electron chi connectivity index (χ0n) is 13.8. The minimum atomic E-state index is -0.374. The largest absolute Gasteiger partial charge is 0.367 e. The van der Waals surface area contributed by atoms with Gasteiger partial charge in [-0.1, -0.05) is 25.9 Å². The molecule has 1 unspecified atom stereocenters. The van der Waals surface area contributed by atoms with Gasteiger partial charge in [0.05, 0.1) is 6.04 Å². The number of rotatable bonds is 6. The molecule has 0 bridgehead atoms. The summed E-state index contributed by atoms with van der Waals surface area (Å²) in [5.74, 6) is 2.47. The Bertz CT molecular complexity index is 436. The van der Waals surface area contributed by atoms with Crippen molar-refractivity contribution in [2.45, 2.75) is 71.4 Å². The molecule has 0 spiro atoms. The molecule has 0 aromatic carbocycles. The summed E-state index contributed by atoms with van der Waals surface area (Å²) < 4.78 is 11.5. The minimum absolute atomic E-state index is 0.188. The average Bonchev–Trinajstić information content (AvgIpc) is 2.91. The molecule has 1 fully saturated rings. The van der Waals surface area contributed by atoms with Gasteiger partial charge in [-0.05, 0) is 50.9 Å². The van der Waals surface area contributed by atoms with Crippen LogP contribution in [0, 0.1) is 11.8 Å². The zero-order chi connectivity index (χ0) is 15.5. The van der Waals surface area contributed by atoms with Crippen LogP contribution >= 0.6 is 0 Å². The maximum atomic E-state index is 6.14. The summed E-state index contributed by atoms with van der Waals surface area (Å²) in [7, 11) is 0. The van der Waals surface area contributed by atoms with E-state index in [-0.39, 0.29) is 11.6 Å². The number of ether oxygens (including phenoxy) is 1. The van der Waals surface area contributed by atoms with Crippen molar-refractivity contribution >= 4 is 0 Å². The topological polar surface area (TPSA) is 74.2 Å². The van der Waals surface area contributed by atoms with E-state index in [0.29, 0.717) is 24.2 Å². The Labute approximate surface area is 127 Å². The van der Waals surface area contributed by atoms with Gasteiger partial charge in [-0.3, -0.25) is 0 Å². The molecule has 0 radical (unpaired) electrons. The lowest BCUT2D eigenvalue weighted by molar-refractivity contribution is -0.0847. The monoisotopic (exact) mass is 295 g/mol. The number of hydrogen-bond acceptors (Lipinski definition) is 5. The third-order valence-corrected chi connectivity index (χ3v) is 4.39. The summed E-state index contributed by atoms with van der Waals surface area (Å²) in [6.07, 6.45) is 5.05. The normalized spacial score (nSPS) is 28.0. The molecule has 2 rings (SSSR count). The van der Waals surface area contributed by atoms with E-state index in [0.717, 1.165) is 38.0 Å². The zero-order valence-corrected chi connectivity index (χ0v) is 13.8. The first kappa shape index (κ1) is 16.4. The molecule has 1 aliphatic rings. The van der Waals surface area contributed by atoms with E-state index in [2.05, 4.69) is 30.9 Å². The molecule has 0 saturated heterocycles. The Hall–Kier alpha value is -0.940. The second-order valence-electron chi connectivity index (χ2n) is 6.80. The molecule has 1 aliphatic carbocycles. The fraction of sp³-hybridized carbons (Fsp3) is 0.875. The molecule has 120 valence electrons. The van der Waals surface area contributed by atoms with E-state index in [9.17, 15) is 0 Å². The van der Waals surface area contributed by atoms with Crippen molar-refractivity contribution in [1.82, 2.24) is 10.1 Å². The highest BCUT2D eigenvalue weighted by molar-refractivity contribution is 5.05. The molecule has 1 aromatic rings. The van der Waals surface area contributed by atoms with Crippen molar-refractivity contribution in [3.05, 3.63) is 11.7 Å². The van der Waals surface area contributed by atoms with Gasteiger partial charge in [0, 0.05) is 6.61 Å². The highest BCUT2D eigenvalue weighted by Gasteiger charge is 2.41. The second-order valence-corrected chi connectivity index (χ2v) is 6.80. The molecule has 1 saturated carbocycles. The van der Waals surface area contributed by atoms with Gasteiger partial charge in [0.1, 0.15) is 5.60 Å². The molecule has 5 heteroatoms. The summed E-state index contributed by atoms with van der Waals surface area (Å²) in [5.41, 5.74) is 5.77. The Balaban J connectivity index is 2.16. The van der Waals surface area contributed by atoms with Crippen molar-refractivity contribution < 1.29 is 9.26 Å². The van der Waals surface area contributed by atoms with Crippen molar-refractivity contribution in [3.8, 4) is 0 Å². The lowest BCUT2D eigenvalue weighted by Gasteiger charge is -2.36. The maximum Gasteiger partial charge on any atom is 0.243 e. The van der Waals surface area contributed by atoms with Gasteiger partial charge in [0.2, 0.25) is 11.7 Å². The fourth-order valence-corrected chi connectivity index (χ4v) is 3.12. The first-order valence-electron chi connectivity index (χ1n) is 8.20. The lowest BCUT2D eigenvalue weighted by Crippen LogP contribution is -2.35. The van der Waals surface area contributed by atoms with Crippen LogP contribution in [0.15, 0.2) is 4.52 Å². The average molecular weight is 295 g/mol. The van der Waals surface area contributed by atoms with E-state index in [4.69, 9.17) is 15.0 Å². The van der Waals surface area contributed by atoms with Gasteiger partial charge in [-0.2, -0.15) is 4.98 Å². The van der Waals surface area contributed by atoms with Crippen LogP contribution in [0.5, 0.6) is 0 Å². The Morgan fingerprint density at radius 2 is 2.05 bits per heavy atom. The van der Waals surface area contributed by atoms with Crippen LogP contribution < -0.4 is 5.73 Å². The van der Waals surface area contributed by atoms with Crippen molar-refractivity contribution in [2.75, 3.05) is 6.61 Å². The van der Waals surface area contributed by atoms with E-state index >= 15 is 0 Å². The Morgan fingerprint density at radius 3 is 2.62 bits per heavy atom. The highest BCUT2D eigenvalue weighted by atomic mass is 16.5. The second kappa shape index (κ2) is 6.88. The van der Waals surface area contributed by atoms with Crippen LogP contribution in [0.25, 0.3) is 0 Å². The SMILES string of the molecule is CCOC1(c2noc(C(N)CC(C)C)n2)CCC(C)CC1. The molecule has 0 aliphatic heterocycles. The van der Waals surface area contributed by atoms with Crippen LogP contribution in [-0.4, -0.2) is 16.7 Å². The van der Waals surface area contributed by atoms with Gasteiger partial charge >= 0.3 is 0 Å². The lowest BCUT2D eigenvalue weighted by atomic mass is 9.79. The number of nitrogens with two attached hydrogens (primary N) is 1. The third kappa shape index (κ3) is 3.83. The molecule has 1 heterocycles. The highest BCUT2D eigenvalue weighted by Crippen LogP contribution is 2.41. The van der Waals surface area contributed by atoms with Crippen molar-refractivity contribution in [2.24, 2.45) is 17.6 Å².